The van der Waals surface area contributed by atoms with Crippen LogP contribution in [-0.2, 0) is 7.05 Å². The molecule has 1 fully saturated rings. The number of nitrogens with one attached hydrogen (secondary N) is 1. The molecule has 0 saturated heterocycles. The van der Waals surface area contributed by atoms with Crippen molar-refractivity contribution in [1.29, 1.82) is 0 Å². The van der Waals surface area contributed by atoms with Gasteiger partial charge in [0, 0.05) is 47.1 Å². The average molecular weight is 315 g/mol. The Morgan fingerprint density at radius 1 is 1.36 bits per heavy atom. The first-order valence-electron chi connectivity index (χ1n) is 7.51. The number of benzene rings is 1. The van der Waals surface area contributed by atoms with Gasteiger partial charge in [0.25, 0.3) is 5.56 Å². The van der Waals surface area contributed by atoms with Gasteiger partial charge >= 0.3 is 0 Å². The highest BCUT2D eigenvalue weighted by atomic mass is 32.2. The average Bonchev–Trinajstić information content (AvgIpc) is 3.34. The van der Waals surface area contributed by atoms with Crippen molar-refractivity contribution in [3.05, 3.63) is 46.4 Å². The summed E-state index contributed by atoms with van der Waals surface area (Å²) >= 11 is 1.24. The van der Waals surface area contributed by atoms with Crippen LogP contribution in [-0.4, -0.2) is 11.1 Å². The first-order valence-corrected chi connectivity index (χ1v) is 8.38. The summed E-state index contributed by atoms with van der Waals surface area (Å²) in [6.07, 6.45) is 4.52. The molecule has 0 aliphatic heterocycles. The van der Waals surface area contributed by atoms with Gasteiger partial charge in [-0.1, -0.05) is 0 Å². The molecule has 22 heavy (non-hydrogen) atoms. The Morgan fingerprint density at radius 2 is 2.14 bits per heavy atom. The summed E-state index contributed by atoms with van der Waals surface area (Å²) in [6.45, 7) is 2.86. The van der Waals surface area contributed by atoms with Crippen LogP contribution in [0.2, 0.25) is 0 Å². The normalized spacial score (nSPS) is 14.1. The van der Waals surface area contributed by atoms with Crippen LogP contribution >= 0.6 is 11.9 Å². The third-order valence-corrected chi connectivity index (χ3v) is 4.60. The molecule has 4 nitrogen and oxygen atoms in total. The summed E-state index contributed by atoms with van der Waals surface area (Å²) < 4.78 is 1.64. The lowest BCUT2D eigenvalue weighted by Gasteiger charge is -2.14. The summed E-state index contributed by atoms with van der Waals surface area (Å²) in [4.78, 5) is 12.9. The maximum atomic E-state index is 11.9. The van der Waals surface area contributed by atoms with Gasteiger partial charge in [0.05, 0.1) is 0 Å². The van der Waals surface area contributed by atoms with Crippen LogP contribution in [0.4, 0.5) is 5.69 Å². The number of aryl methyl sites for hydroxylation is 2. The molecule has 1 aliphatic carbocycles. The maximum Gasteiger partial charge on any atom is 0.253 e. The van der Waals surface area contributed by atoms with Crippen LogP contribution in [0.1, 0.15) is 18.4 Å². The molecule has 0 atom stereocenters. The zero-order valence-electron chi connectivity index (χ0n) is 12.9. The molecule has 3 rings (SSSR count). The SMILES string of the molecule is Cc1cc(-c2cc(SN)ccc2NCC2CC2)cn(C)c1=O. The topological polar surface area (TPSA) is 60.0 Å². The van der Waals surface area contributed by atoms with Crippen molar-refractivity contribution in [2.45, 2.75) is 24.7 Å². The molecule has 1 aliphatic rings. The number of pyridine rings is 1. The molecule has 0 amide bonds. The fourth-order valence-corrected chi connectivity index (χ4v) is 2.92. The molecule has 0 spiro atoms. The Hall–Kier alpha value is -1.72. The third kappa shape index (κ3) is 3.20. The highest BCUT2D eigenvalue weighted by molar-refractivity contribution is 7.97. The number of nitrogens with zero attached hydrogens (tertiary/aromatic N) is 1. The molecule has 2 aromatic rings. The van der Waals surface area contributed by atoms with Gasteiger partial charge in [0.1, 0.15) is 0 Å². The van der Waals surface area contributed by atoms with Crippen molar-refractivity contribution in [3.8, 4) is 11.1 Å². The highest BCUT2D eigenvalue weighted by Crippen LogP contribution is 2.34. The molecular formula is C17H21N3OS. The van der Waals surface area contributed by atoms with E-state index in [0.717, 1.165) is 39.7 Å². The molecule has 1 aromatic heterocycles. The van der Waals surface area contributed by atoms with Crippen LogP contribution in [0.3, 0.4) is 0 Å². The summed E-state index contributed by atoms with van der Waals surface area (Å²) in [6, 6.07) is 8.13. The van der Waals surface area contributed by atoms with Gasteiger partial charge in [-0.15, -0.1) is 0 Å². The second-order valence-corrected chi connectivity index (χ2v) is 6.68. The van der Waals surface area contributed by atoms with Crippen molar-refractivity contribution in [2.24, 2.45) is 18.1 Å². The number of hydrogen-bond donors (Lipinski definition) is 2. The summed E-state index contributed by atoms with van der Waals surface area (Å²) in [5.74, 6) is 0.804. The van der Waals surface area contributed by atoms with E-state index in [1.807, 2.05) is 25.3 Å². The highest BCUT2D eigenvalue weighted by Gasteiger charge is 2.21. The monoisotopic (exact) mass is 315 g/mol. The van der Waals surface area contributed by atoms with E-state index in [1.54, 1.807) is 11.6 Å². The van der Waals surface area contributed by atoms with Crippen molar-refractivity contribution >= 4 is 17.6 Å². The molecule has 1 heterocycles. The van der Waals surface area contributed by atoms with Crippen LogP contribution < -0.4 is 16.0 Å². The van der Waals surface area contributed by atoms with Gasteiger partial charge in [0.2, 0.25) is 0 Å². The van der Waals surface area contributed by atoms with E-state index in [4.69, 9.17) is 5.14 Å². The Morgan fingerprint density at radius 3 is 2.77 bits per heavy atom. The maximum absolute atomic E-state index is 11.9. The van der Waals surface area contributed by atoms with E-state index < -0.39 is 0 Å². The summed E-state index contributed by atoms with van der Waals surface area (Å²) in [7, 11) is 1.79. The quantitative estimate of drug-likeness (QED) is 0.832. The first-order chi connectivity index (χ1) is 10.6. The fraction of sp³-hybridized carbons (Fsp3) is 0.353. The van der Waals surface area contributed by atoms with Gasteiger partial charge in [0.15, 0.2) is 0 Å². The van der Waals surface area contributed by atoms with Crippen molar-refractivity contribution in [3.63, 3.8) is 0 Å². The number of anilines is 1. The van der Waals surface area contributed by atoms with Crippen molar-refractivity contribution in [1.82, 2.24) is 4.57 Å². The number of aromatic nitrogens is 1. The Kier molecular flexibility index (Phi) is 4.27. The van der Waals surface area contributed by atoms with Gasteiger partial charge in [-0.05, 0) is 61.9 Å². The lowest BCUT2D eigenvalue weighted by molar-refractivity contribution is 0.850. The van der Waals surface area contributed by atoms with Crippen LogP contribution in [0, 0.1) is 12.8 Å². The van der Waals surface area contributed by atoms with E-state index >= 15 is 0 Å². The molecule has 3 N–H and O–H groups in total. The fourth-order valence-electron chi connectivity index (χ4n) is 2.59. The summed E-state index contributed by atoms with van der Waals surface area (Å²) in [5, 5.41) is 9.25. The molecule has 116 valence electrons. The Labute approximate surface area is 134 Å². The van der Waals surface area contributed by atoms with E-state index in [9.17, 15) is 4.79 Å². The van der Waals surface area contributed by atoms with Gasteiger partial charge in [-0.25, -0.2) is 0 Å². The molecule has 0 bridgehead atoms. The minimum absolute atomic E-state index is 0.0422. The molecule has 1 saturated carbocycles. The second-order valence-electron chi connectivity index (χ2n) is 5.98. The van der Waals surface area contributed by atoms with Crippen LogP contribution in [0.5, 0.6) is 0 Å². The zero-order valence-corrected chi connectivity index (χ0v) is 13.7. The van der Waals surface area contributed by atoms with Gasteiger partial charge < -0.3 is 9.88 Å². The Bertz CT molecular complexity index is 724. The Balaban J connectivity index is 2.03. The third-order valence-electron chi connectivity index (χ3n) is 4.08. The molecule has 5 heteroatoms. The second kappa shape index (κ2) is 6.18. The molecular weight excluding hydrogens is 294 g/mol. The molecule has 1 aromatic carbocycles. The first kappa shape index (κ1) is 15.2. The number of nitrogens with two attached hydrogens (primary N) is 1. The smallest absolute Gasteiger partial charge is 0.253 e. The predicted molar refractivity (Wildman–Crippen MR) is 93.1 cm³/mol. The van der Waals surface area contributed by atoms with Gasteiger partial charge in [-0.3, -0.25) is 9.93 Å². The van der Waals surface area contributed by atoms with E-state index in [-0.39, 0.29) is 5.56 Å². The molecule has 0 radical (unpaired) electrons. The van der Waals surface area contributed by atoms with E-state index in [2.05, 4.69) is 17.4 Å². The minimum atomic E-state index is 0.0422. The van der Waals surface area contributed by atoms with Crippen LogP contribution in [0.15, 0.2) is 40.2 Å². The van der Waals surface area contributed by atoms with Gasteiger partial charge in [-0.2, -0.15) is 0 Å². The lowest BCUT2D eigenvalue weighted by atomic mass is 10.0. The number of rotatable bonds is 5. The van der Waals surface area contributed by atoms with E-state index in [1.165, 1.54) is 24.8 Å². The molecule has 0 unspecified atom stereocenters. The largest absolute Gasteiger partial charge is 0.384 e. The predicted octanol–water partition coefficient (Wildman–Crippen LogP) is 3.15. The van der Waals surface area contributed by atoms with Crippen molar-refractivity contribution < 1.29 is 0 Å². The number of hydrogen-bond acceptors (Lipinski definition) is 4. The zero-order chi connectivity index (χ0) is 15.7. The standard InChI is InChI=1S/C17H21N3OS/c1-11-7-13(10-20(2)17(11)21)15-8-14(22-18)5-6-16(15)19-9-12-3-4-12/h5-8,10,12,19H,3-4,9,18H2,1-2H3. The van der Waals surface area contributed by atoms with Crippen molar-refractivity contribution in [2.75, 3.05) is 11.9 Å². The van der Waals surface area contributed by atoms with Crippen LogP contribution in [0.25, 0.3) is 11.1 Å². The lowest BCUT2D eigenvalue weighted by Crippen LogP contribution is -2.18. The van der Waals surface area contributed by atoms with E-state index in [0.29, 0.717) is 0 Å². The minimum Gasteiger partial charge on any atom is -0.384 e. The summed E-state index contributed by atoms with van der Waals surface area (Å²) in [5.41, 5.74) is 4.02.